The van der Waals surface area contributed by atoms with E-state index in [1.165, 1.54) is 12.1 Å². The van der Waals surface area contributed by atoms with E-state index in [-0.39, 0.29) is 4.90 Å². The SMILES string of the molecule is O=S(=O)(Nc1ccc2c(c1)OCCO2)c1ccc(Br)cc1. The summed E-state index contributed by atoms with van der Waals surface area (Å²) in [7, 11) is -3.62. The molecule has 21 heavy (non-hydrogen) atoms. The zero-order valence-electron chi connectivity index (χ0n) is 10.9. The van der Waals surface area contributed by atoms with Crippen molar-refractivity contribution < 1.29 is 17.9 Å². The molecule has 0 atom stereocenters. The first-order chi connectivity index (χ1) is 10.0. The number of halogens is 1. The summed E-state index contributed by atoms with van der Waals surface area (Å²) in [6, 6.07) is 11.4. The summed E-state index contributed by atoms with van der Waals surface area (Å²) in [5.74, 6) is 1.16. The van der Waals surface area contributed by atoms with Gasteiger partial charge in [-0.15, -0.1) is 0 Å². The van der Waals surface area contributed by atoms with E-state index in [1.807, 2.05) is 0 Å². The molecule has 0 saturated carbocycles. The van der Waals surface area contributed by atoms with Gasteiger partial charge in [0.1, 0.15) is 13.2 Å². The average molecular weight is 370 g/mol. The Morgan fingerprint density at radius 3 is 2.33 bits per heavy atom. The lowest BCUT2D eigenvalue weighted by atomic mass is 10.3. The number of benzene rings is 2. The minimum Gasteiger partial charge on any atom is -0.486 e. The van der Waals surface area contributed by atoms with E-state index in [0.29, 0.717) is 30.4 Å². The number of anilines is 1. The molecule has 1 aliphatic rings. The van der Waals surface area contributed by atoms with Crippen molar-refractivity contribution in [3.63, 3.8) is 0 Å². The van der Waals surface area contributed by atoms with Crippen LogP contribution in [0.25, 0.3) is 0 Å². The van der Waals surface area contributed by atoms with Crippen LogP contribution in [0.5, 0.6) is 11.5 Å². The van der Waals surface area contributed by atoms with Crippen LogP contribution in [-0.4, -0.2) is 21.6 Å². The van der Waals surface area contributed by atoms with E-state index in [9.17, 15) is 8.42 Å². The molecule has 110 valence electrons. The standard InChI is InChI=1S/C14H12BrNO4S/c15-10-1-4-12(5-2-10)21(17,18)16-11-3-6-13-14(9-11)20-8-7-19-13/h1-6,9,16H,7-8H2. The fraction of sp³-hybridized carbons (Fsp3) is 0.143. The third-order valence-corrected chi connectivity index (χ3v) is 4.84. The second-order valence-electron chi connectivity index (χ2n) is 4.42. The molecule has 7 heteroatoms. The summed E-state index contributed by atoms with van der Waals surface area (Å²) in [4.78, 5) is 0.195. The van der Waals surface area contributed by atoms with Gasteiger partial charge in [-0.2, -0.15) is 0 Å². The zero-order chi connectivity index (χ0) is 14.9. The Bertz CT molecular complexity index is 759. The predicted molar refractivity (Wildman–Crippen MR) is 82.4 cm³/mol. The molecule has 3 rings (SSSR count). The number of nitrogens with one attached hydrogen (secondary N) is 1. The molecular weight excluding hydrogens is 358 g/mol. The van der Waals surface area contributed by atoms with E-state index < -0.39 is 10.0 Å². The largest absolute Gasteiger partial charge is 0.486 e. The first kappa shape index (κ1) is 14.2. The second kappa shape index (κ2) is 5.57. The molecule has 5 nitrogen and oxygen atoms in total. The van der Waals surface area contributed by atoms with Crippen molar-refractivity contribution in [2.24, 2.45) is 0 Å². The highest BCUT2D eigenvalue weighted by Gasteiger charge is 2.17. The summed E-state index contributed by atoms with van der Waals surface area (Å²) in [6.45, 7) is 0.951. The molecule has 0 spiro atoms. The van der Waals surface area contributed by atoms with Crippen molar-refractivity contribution in [3.05, 3.63) is 46.9 Å². The molecule has 1 heterocycles. The molecule has 0 unspecified atom stereocenters. The normalized spacial score (nSPS) is 13.8. The number of hydrogen-bond acceptors (Lipinski definition) is 4. The van der Waals surface area contributed by atoms with Crippen LogP contribution >= 0.6 is 15.9 Å². The molecule has 0 bridgehead atoms. The van der Waals surface area contributed by atoms with Crippen molar-refractivity contribution in [3.8, 4) is 11.5 Å². The van der Waals surface area contributed by atoms with Crippen molar-refractivity contribution in [1.82, 2.24) is 0 Å². The molecule has 0 fully saturated rings. The number of ether oxygens (including phenoxy) is 2. The molecule has 1 N–H and O–H groups in total. The minimum absolute atomic E-state index is 0.195. The van der Waals surface area contributed by atoms with E-state index in [2.05, 4.69) is 20.7 Å². The first-order valence-electron chi connectivity index (χ1n) is 6.23. The van der Waals surface area contributed by atoms with Crippen molar-refractivity contribution >= 4 is 31.6 Å². The van der Waals surface area contributed by atoms with Crippen LogP contribution in [0.15, 0.2) is 51.8 Å². The lowest BCUT2D eigenvalue weighted by Crippen LogP contribution is -2.16. The van der Waals surface area contributed by atoms with Gasteiger partial charge >= 0.3 is 0 Å². The number of rotatable bonds is 3. The highest BCUT2D eigenvalue weighted by molar-refractivity contribution is 9.10. The lowest BCUT2D eigenvalue weighted by molar-refractivity contribution is 0.171. The van der Waals surface area contributed by atoms with Crippen LogP contribution in [0.4, 0.5) is 5.69 Å². The van der Waals surface area contributed by atoms with Gasteiger partial charge in [-0.05, 0) is 36.4 Å². The minimum atomic E-state index is -3.62. The molecule has 2 aromatic rings. The Hall–Kier alpha value is -1.73. The molecule has 2 aromatic carbocycles. The number of fused-ring (bicyclic) bond motifs is 1. The average Bonchev–Trinajstić information content (AvgIpc) is 2.47. The number of hydrogen-bond donors (Lipinski definition) is 1. The van der Waals surface area contributed by atoms with Crippen LogP contribution in [0.3, 0.4) is 0 Å². The quantitative estimate of drug-likeness (QED) is 0.902. The van der Waals surface area contributed by atoms with Crippen LogP contribution < -0.4 is 14.2 Å². The Morgan fingerprint density at radius 2 is 1.62 bits per heavy atom. The highest BCUT2D eigenvalue weighted by atomic mass is 79.9. The monoisotopic (exact) mass is 369 g/mol. The van der Waals surface area contributed by atoms with Crippen LogP contribution in [-0.2, 0) is 10.0 Å². The Morgan fingerprint density at radius 1 is 0.952 bits per heavy atom. The summed E-state index contributed by atoms with van der Waals surface area (Å²) < 4.78 is 38.7. The van der Waals surface area contributed by atoms with Gasteiger partial charge in [0.15, 0.2) is 11.5 Å². The van der Waals surface area contributed by atoms with Crippen molar-refractivity contribution in [2.45, 2.75) is 4.90 Å². The zero-order valence-corrected chi connectivity index (χ0v) is 13.3. The maximum atomic E-state index is 12.3. The van der Waals surface area contributed by atoms with E-state index in [1.54, 1.807) is 30.3 Å². The maximum Gasteiger partial charge on any atom is 0.261 e. The van der Waals surface area contributed by atoms with Gasteiger partial charge in [0.2, 0.25) is 0 Å². The second-order valence-corrected chi connectivity index (χ2v) is 7.02. The molecule has 0 amide bonds. The fourth-order valence-corrected chi connectivity index (χ4v) is 3.25. The van der Waals surface area contributed by atoms with Gasteiger partial charge in [0.25, 0.3) is 10.0 Å². The van der Waals surface area contributed by atoms with E-state index in [0.717, 1.165) is 4.47 Å². The molecule has 0 radical (unpaired) electrons. The van der Waals surface area contributed by atoms with Crippen LogP contribution in [0.1, 0.15) is 0 Å². The smallest absolute Gasteiger partial charge is 0.261 e. The van der Waals surface area contributed by atoms with Crippen LogP contribution in [0, 0.1) is 0 Å². The molecule has 1 aliphatic heterocycles. The van der Waals surface area contributed by atoms with E-state index >= 15 is 0 Å². The van der Waals surface area contributed by atoms with Crippen molar-refractivity contribution in [1.29, 1.82) is 0 Å². The van der Waals surface area contributed by atoms with Gasteiger partial charge < -0.3 is 9.47 Å². The Labute approximate surface area is 131 Å². The topological polar surface area (TPSA) is 64.6 Å². The molecule has 0 saturated heterocycles. The highest BCUT2D eigenvalue weighted by Crippen LogP contribution is 2.33. The molecule has 0 aromatic heterocycles. The lowest BCUT2D eigenvalue weighted by Gasteiger charge is -2.19. The Kier molecular flexibility index (Phi) is 3.77. The predicted octanol–water partition coefficient (Wildman–Crippen LogP) is 3.02. The summed E-state index contributed by atoms with van der Waals surface area (Å²) in [5.41, 5.74) is 0.433. The van der Waals surface area contributed by atoms with Crippen LogP contribution in [0.2, 0.25) is 0 Å². The van der Waals surface area contributed by atoms with Gasteiger partial charge in [-0.1, -0.05) is 15.9 Å². The first-order valence-corrected chi connectivity index (χ1v) is 8.50. The summed E-state index contributed by atoms with van der Waals surface area (Å²) in [6.07, 6.45) is 0. The Balaban J connectivity index is 1.87. The summed E-state index contributed by atoms with van der Waals surface area (Å²) in [5, 5.41) is 0. The molecule has 0 aliphatic carbocycles. The number of sulfonamides is 1. The third-order valence-electron chi connectivity index (χ3n) is 2.92. The maximum absolute atomic E-state index is 12.3. The third kappa shape index (κ3) is 3.14. The van der Waals surface area contributed by atoms with Gasteiger partial charge in [-0.3, -0.25) is 4.72 Å². The van der Waals surface area contributed by atoms with Crippen molar-refractivity contribution in [2.75, 3.05) is 17.9 Å². The molecular formula is C14H12BrNO4S. The summed E-state index contributed by atoms with van der Waals surface area (Å²) >= 11 is 3.27. The van der Waals surface area contributed by atoms with E-state index in [4.69, 9.17) is 9.47 Å². The van der Waals surface area contributed by atoms with Gasteiger partial charge in [-0.25, -0.2) is 8.42 Å². The van der Waals surface area contributed by atoms with Gasteiger partial charge in [0.05, 0.1) is 10.6 Å². The fourth-order valence-electron chi connectivity index (χ4n) is 1.93. The van der Waals surface area contributed by atoms with Gasteiger partial charge in [0, 0.05) is 10.5 Å².